The molecular weight excluding hydrogens is 296 g/mol. The highest BCUT2D eigenvalue weighted by Crippen LogP contribution is 2.21. The second kappa shape index (κ2) is 9.10. The Balaban J connectivity index is 0.00000200. The summed E-state index contributed by atoms with van der Waals surface area (Å²) in [5.41, 5.74) is 0. The first-order valence-corrected chi connectivity index (χ1v) is 7.59. The monoisotopic (exact) mass is 316 g/mol. The Morgan fingerprint density at radius 3 is 2.65 bits per heavy atom. The lowest BCUT2D eigenvalue weighted by Gasteiger charge is -2.27. The van der Waals surface area contributed by atoms with E-state index in [1.165, 1.54) is 0 Å². The normalized spacial score (nSPS) is 14.1. The van der Waals surface area contributed by atoms with E-state index >= 15 is 0 Å². The predicted octanol–water partition coefficient (Wildman–Crippen LogP) is 1.93. The third-order valence-corrected chi connectivity index (χ3v) is 3.97. The van der Waals surface area contributed by atoms with E-state index in [0.29, 0.717) is 18.3 Å². The molecule has 1 saturated heterocycles. The van der Waals surface area contributed by atoms with Crippen molar-refractivity contribution in [1.29, 1.82) is 0 Å². The van der Waals surface area contributed by atoms with E-state index in [2.05, 4.69) is 10.6 Å². The highest BCUT2D eigenvalue weighted by molar-refractivity contribution is 8.00. The molecule has 1 heterocycles. The summed E-state index contributed by atoms with van der Waals surface area (Å²) >= 11 is 1.55. The molecule has 0 unspecified atom stereocenters. The smallest absolute Gasteiger partial charge is 0.230 e. The van der Waals surface area contributed by atoms with Gasteiger partial charge in [-0.2, -0.15) is 0 Å². The summed E-state index contributed by atoms with van der Waals surface area (Å²) < 4.78 is 5.38. The van der Waals surface area contributed by atoms with Gasteiger partial charge < -0.3 is 15.4 Å². The summed E-state index contributed by atoms with van der Waals surface area (Å²) in [6.45, 7) is 5.46. The van der Waals surface area contributed by atoms with Gasteiger partial charge in [0.05, 0.1) is 12.4 Å². The molecule has 6 heteroatoms. The van der Waals surface area contributed by atoms with Gasteiger partial charge in [0.15, 0.2) is 0 Å². The van der Waals surface area contributed by atoms with Crippen molar-refractivity contribution in [2.45, 2.75) is 11.8 Å². The Morgan fingerprint density at radius 2 is 2.10 bits per heavy atom. The molecule has 0 spiro atoms. The van der Waals surface area contributed by atoms with Gasteiger partial charge in [-0.15, -0.1) is 24.2 Å². The number of hydrogen-bond donors (Lipinski definition) is 2. The van der Waals surface area contributed by atoms with Crippen LogP contribution in [0, 0.1) is 5.92 Å². The second-order valence-corrected chi connectivity index (χ2v) is 5.57. The van der Waals surface area contributed by atoms with Crippen LogP contribution < -0.4 is 15.4 Å². The van der Waals surface area contributed by atoms with E-state index in [0.717, 1.165) is 30.3 Å². The standard InChI is InChI=1S/C14H20N2O2S.ClH/c1-2-18-12-3-5-13(6-4-12)19-10-14(17)16-9-11-7-15-8-11;/h3-6,11,15H,2,7-10H2,1H3,(H,16,17);1H. The number of amides is 1. The molecule has 2 rings (SSSR count). The minimum absolute atomic E-state index is 0. The molecule has 1 aromatic rings. The summed E-state index contributed by atoms with van der Waals surface area (Å²) in [4.78, 5) is 12.7. The number of nitrogens with one attached hydrogen (secondary N) is 2. The molecule has 0 bridgehead atoms. The maximum atomic E-state index is 11.7. The van der Waals surface area contributed by atoms with Crippen LogP contribution in [0.3, 0.4) is 0 Å². The molecule has 20 heavy (non-hydrogen) atoms. The van der Waals surface area contributed by atoms with Crippen LogP contribution >= 0.6 is 24.2 Å². The minimum atomic E-state index is 0. The van der Waals surface area contributed by atoms with E-state index in [1.54, 1.807) is 11.8 Å². The number of benzene rings is 1. The lowest BCUT2D eigenvalue weighted by Crippen LogP contribution is -2.48. The number of carbonyl (C=O) groups is 1. The lowest BCUT2D eigenvalue weighted by molar-refractivity contribution is -0.118. The van der Waals surface area contributed by atoms with Gasteiger partial charge in [-0.1, -0.05) is 0 Å². The van der Waals surface area contributed by atoms with Crippen molar-refractivity contribution in [2.75, 3.05) is 32.0 Å². The fourth-order valence-corrected chi connectivity index (χ4v) is 2.48. The third-order valence-electron chi connectivity index (χ3n) is 2.96. The van der Waals surface area contributed by atoms with Crippen molar-refractivity contribution in [2.24, 2.45) is 5.92 Å². The summed E-state index contributed by atoms with van der Waals surface area (Å²) in [7, 11) is 0. The molecule has 1 aliphatic heterocycles. The van der Waals surface area contributed by atoms with E-state index in [9.17, 15) is 4.79 Å². The summed E-state index contributed by atoms with van der Waals surface area (Å²) in [5.74, 6) is 2.05. The fourth-order valence-electron chi connectivity index (χ4n) is 1.75. The first-order valence-electron chi connectivity index (χ1n) is 6.61. The zero-order valence-corrected chi connectivity index (χ0v) is 13.2. The third kappa shape index (κ3) is 5.61. The molecule has 1 fully saturated rings. The van der Waals surface area contributed by atoms with Crippen molar-refractivity contribution >= 4 is 30.1 Å². The average molecular weight is 317 g/mol. The topological polar surface area (TPSA) is 50.4 Å². The molecule has 0 aliphatic carbocycles. The van der Waals surface area contributed by atoms with Crippen LogP contribution in [0.15, 0.2) is 29.2 Å². The first kappa shape index (κ1) is 17.1. The molecule has 4 nitrogen and oxygen atoms in total. The maximum absolute atomic E-state index is 11.7. The van der Waals surface area contributed by atoms with Crippen LogP contribution in [-0.4, -0.2) is 37.9 Å². The quantitative estimate of drug-likeness (QED) is 0.755. The molecule has 0 radical (unpaired) electrons. The molecule has 0 atom stereocenters. The van der Waals surface area contributed by atoms with Crippen LogP contribution in [0.4, 0.5) is 0 Å². The summed E-state index contributed by atoms with van der Waals surface area (Å²) in [6.07, 6.45) is 0. The van der Waals surface area contributed by atoms with Gasteiger partial charge >= 0.3 is 0 Å². The highest BCUT2D eigenvalue weighted by Gasteiger charge is 2.16. The van der Waals surface area contributed by atoms with Crippen molar-refractivity contribution in [3.63, 3.8) is 0 Å². The average Bonchev–Trinajstić information content (AvgIpc) is 2.36. The molecule has 0 saturated carbocycles. The van der Waals surface area contributed by atoms with Gasteiger partial charge in [0.2, 0.25) is 5.91 Å². The van der Waals surface area contributed by atoms with Gasteiger partial charge in [0.25, 0.3) is 0 Å². The molecule has 2 N–H and O–H groups in total. The molecule has 0 aromatic heterocycles. The zero-order chi connectivity index (χ0) is 13.5. The number of hydrogen-bond acceptors (Lipinski definition) is 4. The van der Waals surface area contributed by atoms with Gasteiger partial charge in [0.1, 0.15) is 5.75 Å². The molecule has 1 aromatic carbocycles. The maximum Gasteiger partial charge on any atom is 0.230 e. The number of halogens is 1. The van der Waals surface area contributed by atoms with Gasteiger partial charge in [-0.25, -0.2) is 0 Å². The van der Waals surface area contributed by atoms with E-state index in [1.807, 2.05) is 31.2 Å². The predicted molar refractivity (Wildman–Crippen MR) is 85.0 cm³/mol. The zero-order valence-electron chi connectivity index (χ0n) is 11.6. The van der Waals surface area contributed by atoms with Crippen LogP contribution in [0.1, 0.15) is 6.92 Å². The van der Waals surface area contributed by atoms with Crippen LogP contribution in [-0.2, 0) is 4.79 Å². The largest absolute Gasteiger partial charge is 0.494 e. The van der Waals surface area contributed by atoms with Crippen LogP contribution in [0.5, 0.6) is 5.75 Å². The van der Waals surface area contributed by atoms with Crippen LogP contribution in [0.25, 0.3) is 0 Å². The number of ether oxygens (including phenoxy) is 1. The Kier molecular flexibility index (Phi) is 7.80. The van der Waals surface area contributed by atoms with E-state index in [4.69, 9.17) is 4.74 Å². The SMILES string of the molecule is CCOc1ccc(SCC(=O)NCC2CNC2)cc1.Cl. The van der Waals surface area contributed by atoms with Crippen molar-refractivity contribution < 1.29 is 9.53 Å². The second-order valence-electron chi connectivity index (χ2n) is 4.52. The van der Waals surface area contributed by atoms with Gasteiger partial charge in [-0.3, -0.25) is 4.79 Å². The Morgan fingerprint density at radius 1 is 1.40 bits per heavy atom. The molecule has 1 aliphatic rings. The number of rotatable bonds is 7. The van der Waals surface area contributed by atoms with Gasteiger partial charge in [0, 0.05) is 30.4 Å². The fraction of sp³-hybridized carbons (Fsp3) is 0.500. The van der Waals surface area contributed by atoms with Gasteiger partial charge in [-0.05, 0) is 31.2 Å². The Hall–Kier alpha value is -0.910. The first-order chi connectivity index (χ1) is 9.28. The summed E-state index contributed by atoms with van der Waals surface area (Å²) in [5, 5.41) is 6.15. The molecule has 1 amide bonds. The lowest BCUT2D eigenvalue weighted by atomic mass is 10.0. The Bertz CT molecular complexity index is 410. The Labute approximate surface area is 130 Å². The highest BCUT2D eigenvalue weighted by atomic mass is 35.5. The van der Waals surface area contributed by atoms with E-state index < -0.39 is 0 Å². The number of thioether (sulfide) groups is 1. The molecular formula is C14H21ClN2O2S. The minimum Gasteiger partial charge on any atom is -0.494 e. The van der Waals surface area contributed by atoms with Crippen molar-refractivity contribution in [3.05, 3.63) is 24.3 Å². The van der Waals surface area contributed by atoms with Crippen molar-refractivity contribution in [1.82, 2.24) is 10.6 Å². The summed E-state index contributed by atoms with van der Waals surface area (Å²) in [6, 6.07) is 7.84. The molecule has 112 valence electrons. The van der Waals surface area contributed by atoms with Crippen LogP contribution in [0.2, 0.25) is 0 Å². The van der Waals surface area contributed by atoms with Crippen molar-refractivity contribution in [3.8, 4) is 5.75 Å². The van der Waals surface area contributed by atoms with E-state index in [-0.39, 0.29) is 18.3 Å². The number of carbonyl (C=O) groups excluding carboxylic acids is 1.